The molecule has 1 aliphatic heterocycles. The van der Waals surface area contributed by atoms with Gasteiger partial charge in [0.2, 0.25) is 15.9 Å². The van der Waals surface area contributed by atoms with Crippen LogP contribution in [0.1, 0.15) is 36.0 Å². The summed E-state index contributed by atoms with van der Waals surface area (Å²) >= 11 is 0. The second kappa shape index (κ2) is 6.55. The van der Waals surface area contributed by atoms with E-state index in [1.165, 1.54) is 28.6 Å². The van der Waals surface area contributed by atoms with Crippen LogP contribution < -0.4 is 5.73 Å². The van der Waals surface area contributed by atoms with Crippen LogP contribution in [-0.2, 0) is 10.0 Å². The Hall–Kier alpha value is -1.44. The molecule has 0 aliphatic carbocycles. The van der Waals surface area contributed by atoms with Crippen LogP contribution in [0.2, 0.25) is 0 Å². The summed E-state index contributed by atoms with van der Waals surface area (Å²) in [5.41, 5.74) is 5.43. The molecule has 1 unspecified atom stereocenters. The third-order valence-corrected chi connectivity index (χ3v) is 5.73. The smallest absolute Gasteiger partial charge is 0.248 e. The average molecular weight is 312 g/mol. The van der Waals surface area contributed by atoms with Gasteiger partial charge in [-0.3, -0.25) is 4.79 Å². The highest BCUT2D eigenvalue weighted by Gasteiger charge is 2.34. The molecule has 116 valence electrons. The number of rotatable bonds is 6. The zero-order valence-corrected chi connectivity index (χ0v) is 12.6. The Morgan fingerprint density at radius 2 is 2.00 bits per heavy atom. The number of aliphatic hydroxyl groups excluding tert-OH is 1. The van der Waals surface area contributed by atoms with Gasteiger partial charge in [0.05, 0.1) is 4.90 Å². The summed E-state index contributed by atoms with van der Waals surface area (Å²) in [4.78, 5) is 11.2. The molecule has 0 saturated carbocycles. The fourth-order valence-electron chi connectivity index (χ4n) is 2.67. The number of sulfonamides is 1. The monoisotopic (exact) mass is 312 g/mol. The fraction of sp³-hybridized carbons (Fsp3) is 0.500. The first-order chi connectivity index (χ1) is 9.96. The Balaban J connectivity index is 2.22. The minimum atomic E-state index is -3.56. The fourth-order valence-corrected chi connectivity index (χ4v) is 4.39. The van der Waals surface area contributed by atoms with Gasteiger partial charge in [-0.15, -0.1) is 0 Å². The zero-order valence-electron chi connectivity index (χ0n) is 11.7. The molecule has 1 fully saturated rings. The van der Waals surface area contributed by atoms with Crippen LogP contribution in [0.3, 0.4) is 0 Å². The van der Waals surface area contributed by atoms with Crippen LogP contribution in [0.15, 0.2) is 29.2 Å². The average Bonchev–Trinajstić information content (AvgIpc) is 2.94. The van der Waals surface area contributed by atoms with Gasteiger partial charge in [-0.25, -0.2) is 8.42 Å². The quantitative estimate of drug-likeness (QED) is 0.808. The predicted molar refractivity (Wildman–Crippen MR) is 78.2 cm³/mol. The highest BCUT2D eigenvalue weighted by atomic mass is 32.2. The van der Waals surface area contributed by atoms with Crippen LogP contribution in [0, 0.1) is 0 Å². The van der Waals surface area contributed by atoms with Crippen molar-refractivity contribution >= 4 is 15.9 Å². The van der Waals surface area contributed by atoms with E-state index in [2.05, 4.69) is 0 Å². The van der Waals surface area contributed by atoms with E-state index in [1.807, 2.05) is 0 Å². The number of nitrogens with zero attached hydrogens (tertiary/aromatic N) is 1. The second-order valence-corrected chi connectivity index (χ2v) is 7.06. The third kappa shape index (κ3) is 3.42. The van der Waals surface area contributed by atoms with E-state index in [-0.39, 0.29) is 23.1 Å². The summed E-state index contributed by atoms with van der Waals surface area (Å²) in [6.07, 6.45) is 2.90. The number of primary amides is 1. The van der Waals surface area contributed by atoms with E-state index in [0.717, 1.165) is 12.8 Å². The number of hydrogen-bond donors (Lipinski definition) is 2. The molecule has 1 aromatic carbocycles. The number of aliphatic hydroxyl groups is 1. The SMILES string of the molecule is NC(=O)c1ccc(S(=O)(=O)N2CCCC2CCCO)cc1. The molecule has 0 aromatic heterocycles. The van der Waals surface area contributed by atoms with Gasteiger partial charge in [-0.1, -0.05) is 0 Å². The number of carbonyl (C=O) groups is 1. The molecule has 0 bridgehead atoms. The molecule has 6 nitrogen and oxygen atoms in total. The van der Waals surface area contributed by atoms with Gasteiger partial charge in [-0.2, -0.15) is 4.31 Å². The molecule has 1 aromatic rings. The van der Waals surface area contributed by atoms with Crippen molar-refractivity contribution in [1.82, 2.24) is 4.31 Å². The summed E-state index contributed by atoms with van der Waals surface area (Å²) in [7, 11) is -3.56. The highest BCUT2D eigenvalue weighted by Crippen LogP contribution is 2.28. The molecule has 1 heterocycles. The lowest BCUT2D eigenvalue weighted by molar-refractivity contribution is 0.1000. The largest absolute Gasteiger partial charge is 0.396 e. The number of nitrogens with two attached hydrogens (primary N) is 1. The van der Waals surface area contributed by atoms with Gasteiger partial charge in [0, 0.05) is 24.8 Å². The van der Waals surface area contributed by atoms with E-state index < -0.39 is 15.9 Å². The minimum Gasteiger partial charge on any atom is -0.396 e. The molecular formula is C14H20N2O4S. The number of hydrogen-bond acceptors (Lipinski definition) is 4. The van der Waals surface area contributed by atoms with Crippen molar-refractivity contribution in [3.63, 3.8) is 0 Å². The summed E-state index contributed by atoms with van der Waals surface area (Å²) in [5.74, 6) is -0.582. The molecule has 0 spiro atoms. The van der Waals surface area contributed by atoms with Gasteiger partial charge >= 0.3 is 0 Å². The molecule has 3 N–H and O–H groups in total. The molecule has 7 heteroatoms. The topological polar surface area (TPSA) is 101 Å². The van der Waals surface area contributed by atoms with Gasteiger partial charge in [0.15, 0.2) is 0 Å². The Morgan fingerprint density at radius 3 is 2.57 bits per heavy atom. The Kier molecular flexibility index (Phi) is 4.97. The molecular weight excluding hydrogens is 292 g/mol. The van der Waals surface area contributed by atoms with Crippen molar-refractivity contribution in [3.05, 3.63) is 29.8 Å². The lowest BCUT2D eigenvalue weighted by Crippen LogP contribution is -2.35. The van der Waals surface area contributed by atoms with Crippen LogP contribution in [0.5, 0.6) is 0 Å². The van der Waals surface area contributed by atoms with Crippen LogP contribution >= 0.6 is 0 Å². The van der Waals surface area contributed by atoms with E-state index in [0.29, 0.717) is 19.4 Å². The molecule has 0 radical (unpaired) electrons. The second-order valence-electron chi connectivity index (χ2n) is 5.17. The first-order valence-electron chi connectivity index (χ1n) is 6.99. The summed E-state index contributed by atoms with van der Waals surface area (Å²) in [5, 5.41) is 8.90. The highest BCUT2D eigenvalue weighted by molar-refractivity contribution is 7.89. The standard InChI is InChI=1S/C14H20N2O4S/c15-14(18)11-5-7-13(8-6-11)21(19,20)16-9-1-3-12(16)4-2-10-17/h5-8,12,17H,1-4,9-10H2,(H2,15,18). The zero-order chi connectivity index (χ0) is 15.5. The van der Waals surface area contributed by atoms with Crippen molar-refractivity contribution in [1.29, 1.82) is 0 Å². The Bertz CT molecular complexity index is 598. The Morgan fingerprint density at radius 1 is 1.33 bits per heavy atom. The minimum absolute atomic E-state index is 0.0574. The number of benzene rings is 1. The molecule has 1 atom stereocenters. The predicted octanol–water partition coefficient (Wildman–Crippen LogP) is 0.711. The lowest BCUT2D eigenvalue weighted by atomic mass is 10.1. The van der Waals surface area contributed by atoms with E-state index >= 15 is 0 Å². The van der Waals surface area contributed by atoms with Gasteiger partial charge in [0.1, 0.15) is 0 Å². The Labute approximate surface area is 124 Å². The van der Waals surface area contributed by atoms with Crippen LogP contribution in [0.25, 0.3) is 0 Å². The molecule has 21 heavy (non-hydrogen) atoms. The molecule has 1 aliphatic rings. The maximum atomic E-state index is 12.6. The number of amides is 1. The van der Waals surface area contributed by atoms with E-state index in [4.69, 9.17) is 10.8 Å². The van der Waals surface area contributed by atoms with Crippen LogP contribution in [-0.4, -0.2) is 42.9 Å². The van der Waals surface area contributed by atoms with Gasteiger partial charge < -0.3 is 10.8 Å². The van der Waals surface area contributed by atoms with Gasteiger partial charge in [-0.05, 0) is 49.9 Å². The first-order valence-corrected chi connectivity index (χ1v) is 8.43. The third-order valence-electron chi connectivity index (χ3n) is 3.76. The van der Waals surface area contributed by atoms with Crippen molar-refractivity contribution in [2.45, 2.75) is 36.6 Å². The van der Waals surface area contributed by atoms with Crippen molar-refractivity contribution in [3.8, 4) is 0 Å². The summed E-state index contributed by atoms with van der Waals surface area (Å²) in [6.45, 7) is 0.563. The van der Waals surface area contributed by atoms with E-state index in [9.17, 15) is 13.2 Å². The summed E-state index contributed by atoms with van der Waals surface area (Å²) < 4.78 is 26.8. The van der Waals surface area contributed by atoms with E-state index in [1.54, 1.807) is 0 Å². The molecule has 1 amide bonds. The molecule has 2 rings (SSSR count). The first kappa shape index (κ1) is 15.9. The van der Waals surface area contributed by atoms with Crippen LogP contribution in [0.4, 0.5) is 0 Å². The maximum absolute atomic E-state index is 12.6. The molecule has 1 saturated heterocycles. The normalized spacial score (nSPS) is 19.8. The van der Waals surface area contributed by atoms with Crippen molar-refractivity contribution in [2.24, 2.45) is 5.73 Å². The summed E-state index contributed by atoms with van der Waals surface area (Å²) in [6, 6.07) is 5.62. The van der Waals surface area contributed by atoms with Crippen molar-refractivity contribution in [2.75, 3.05) is 13.2 Å². The van der Waals surface area contributed by atoms with Crippen molar-refractivity contribution < 1.29 is 18.3 Å². The lowest BCUT2D eigenvalue weighted by Gasteiger charge is -2.24. The maximum Gasteiger partial charge on any atom is 0.248 e. The number of carbonyl (C=O) groups excluding carboxylic acids is 1. The van der Waals surface area contributed by atoms with Gasteiger partial charge in [0.25, 0.3) is 0 Å².